The SMILES string of the molecule is O=C(NCCc1ccncc1)[C@H]1N[C@H]2c3ccc(C=Cc4ccccc4)c(=O)n3C[C@H]2[C@@H]1CO. The van der Waals surface area contributed by atoms with Crippen LogP contribution in [-0.4, -0.2) is 39.8 Å². The monoisotopic (exact) mass is 456 g/mol. The van der Waals surface area contributed by atoms with Gasteiger partial charge in [-0.1, -0.05) is 36.4 Å². The largest absolute Gasteiger partial charge is 0.396 e. The summed E-state index contributed by atoms with van der Waals surface area (Å²) >= 11 is 0. The first kappa shape index (κ1) is 22.3. The zero-order valence-electron chi connectivity index (χ0n) is 18.8. The number of pyridine rings is 2. The van der Waals surface area contributed by atoms with Crippen molar-refractivity contribution in [3.8, 4) is 0 Å². The van der Waals surface area contributed by atoms with E-state index in [1.807, 2.05) is 66.7 Å². The minimum atomic E-state index is -0.487. The Labute approximate surface area is 198 Å². The summed E-state index contributed by atoms with van der Waals surface area (Å²) in [6.45, 7) is 0.895. The predicted molar refractivity (Wildman–Crippen MR) is 131 cm³/mol. The van der Waals surface area contributed by atoms with Crippen LogP contribution >= 0.6 is 0 Å². The standard InChI is InChI=1S/C27H28N4O3/c32-17-22-21-16-31-23(9-8-20(27(31)34)7-6-18-4-2-1-3-5-18)24(21)30-25(22)26(33)29-15-12-19-10-13-28-14-11-19/h1-11,13-14,21-22,24-25,30,32H,12,15-17H2,(H,29,33)/t21-,22-,24+,25-/m0/s1. The lowest BCUT2D eigenvalue weighted by Crippen LogP contribution is -2.46. The number of aromatic nitrogens is 2. The van der Waals surface area contributed by atoms with Crippen molar-refractivity contribution in [1.29, 1.82) is 0 Å². The van der Waals surface area contributed by atoms with Crippen molar-refractivity contribution < 1.29 is 9.90 Å². The van der Waals surface area contributed by atoms with Crippen LogP contribution in [0, 0.1) is 11.8 Å². The van der Waals surface area contributed by atoms with Crippen molar-refractivity contribution in [3.63, 3.8) is 0 Å². The summed E-state index contributed by atoms with van der Waals surface area (Å²) in [4.78, 5) is 30.1. The Balaban J connectivity index is 1.28. The molecule has 1 saturated heterocycles. The molecule has 7 heteroatoms. The molecule has 0 saturated carbocycles. The maximum Gasteiger partial charge on any atom is 0.258 e. The highest BCUT2D eigenvalue weighted by Crippen LogP contribution is 2.42. The number of aliphatic hydroxyl groups excluding tert-OH is 1. The number of aliphatic hydroxyl groups is 1. The molecule has 1 aromatic carbocycles. The van der Waals surface area contributed by atoms with Gasteiger partial charge in [-0.05, 0) is 47.9 Å². The Morgan fingerprint density at radius 3 is 2.68 bits per heavy atom. The van der Waals surface area contributed by atoms with Gasteiger partial charge < -0.3 is 15.0 Å². The number of carbonyl (C=O) groups excluding carboxylic acids is 1. The Kier molecular flexibility index (Phi) is 6.38. The molecule has 7 nitrogen and oxygen atoms in total. The van der Waals surface area contributed by atoms with E-state index >= 15 is 0 Å². The van der Waals surface area contributed by atoms with Crippen LogP contribution in [-0.2, 0) is 17.8 Å². The maximum atomic E-state index is 13.1. The van der Waals surface area contributed by atoms with Gasteiger partial charge in [-0.2, -0.15) is 0 Å². The third-order valence-corrected chi connectivity index (χ3v) is 6.93. The van der Waals surface area contributed by atoms with Gasteiger partial charge in [-0.3, -0.25) is 19.9 Å². The Bertz CT molecular complexity index is 1240. The molecule has 0 bridgehead atoms. The number of carbonyl (C=O) groups is 1. The van der Waals surface area contributed by atoms with Gasteiger partial charge in [0.2, 0.25) is 5.91 Å². The molecule has 2 aliphatic rings. The van der Waals surface area contributed by atoms with Gasteiger partial charge in [0.25, 0.3) is 5.56 Å². The van der Waals surface area contributed by atoms with E-state index in [-0.39, 0.29) is 36.0 Å². The van der Waals surface area contributed by atoms with Crippen molar-refractivity contribution in [2.45, 2.75) is 25.0 Å². The van der Waals surface area contributed by atoms with Crippen molar-refractivity contribution in [2.24, 2.45) is 11.8 Å². The molecular weight excluding hydrogens is 428 g/mol. The molecule has 0 spiro atoms. The molecule has 4 atom stereocenters. The summed E-state index contributed by atoms with van der Waals surface area (Å²) in [6.07, 6.45) is 7.96. The van der Waals surface area contributed by atoms with Crippen LogP contribution in [0.15, 0.2) is 71.8 Å². The minimum Gasteiger partial charge on any atom is -0.396 e. The van der Waals surface area contributed by atoms with E-state index in [0.717, 1.165) is 23.2 Å². The van der Waals surface area contributed by atoms with Gasteiger partial charge >= 0.3 is 0 Å². The fraction of sp³-hybridized carbons (Fsp3) is 0.296. The van der Waals surface area contributed by atoms with Crippen LogP contribution < -0.4 is 16.2 Å². The molecule has 3 aromatic rings. The van der Waals surface area contributed by atoms with E-state index in [2.05, 4.69) is 15.6 Å². The summed E-state index contributed by atoms with van der Waals surface area (Å²) in [6, 6.07) is 16.9. The van der Waals surface area contributed by atoms with Crippen LogP contribution in [0.2, 0.25) is 0 Å². The van der Waals surface area contributed by atoms with E-state index in [4.69, 9.17) is 0 Å². The van der Waals surface area contributed by atoms with Crippen molar-refractivity contribution >= 4 is 18.1 Å². The molecular formula is C27H28N4O3. The first-order valence-corrected chi connectivity index (χ1v) is 11.7. The second-order valence-corrected chi connectivity index (χ2v) is 8.90. The Morgan fingerprint density at radius 2 is 1.91 bits per heavy atom. The average Bonchev–Trinajstić information content (AvgIpc) is 3.41. The third-order valence-electron chi connectivity index (χ3n) is 6.93. The molecule has 0 aliphatic carbocycles. The van der Waals surface area contributed by atoms with E-state index in [9.17, 15) is 14.7 Å². The average molecular weight is 457 g/mol. The summed E-state index contributed by atoms with van der Waals surface area (Å²) in [5.41, 5.74) is 3.59. The molecule has 0 radical (unpaired) electrons. The molecule has 174 valence electrons. The summed E-state index contributed by atoms with van der Waals surface area (Å²) in [5, 5.41) is 16.5. The molecule has 3 N–H and O–H groups in total. The van der Waals surface area contributed by atoms with Crippen molar-refractivity contribution in [1.82, 2.24) is 20.2 Å². The predicted octanol–water partition coefficient (Wildman–Crippen LogP) is 2.02. The molecule has 1 amide bonds. The minimum absolute atomic E-state index is 0.0120. The van der Waals surface area contributed by atoms with Crippen LogP contribution in [0.25, 0.3) is 12.2 Å². The van der Waals surface area contributed by atoms with Gasteiger partial charge in [0.05, 0.1) is 12.1 Å². The lowest BCUT2D eigenvalue weighted by molar-refractivity contribution is -0.124. The fourth-order valence-electron chi connectivity index (χ4n) is 5.14. The van der Waals surface area contributed by atoms with Crippen LogP contribution in [0.5, 0.6) is 0 Å². The molecule has 1 fully saturated rings. The molecule has 4 heterocycles. The van der Waals surface area contributed by atoms with Crippen LogP contribution in [0.1, 0.15) is 28.4 Å². The zero-order chi connectivity index (χ0) is 23.5. The molecule has 34 heavy (non-hydrogen) atoms. The quantitative estimate of drug-likeness (QED) is 0.506. The molecule has 0 unspecified atom stereocenters. The first-order valence-electron chi connectivity index (χ1n) is 11.7. The summed E-state index contributed by atoms with van der Waals surface area (Å²) in [7, 11) is 0. The topological polar surface area (TPSA) is 96.3 Å². The number of nitrogens with zero attached hydrogens (tertiary/aromatic N) is 2. The number of nitrogens with one attached hydrogen (secondary N) is 2. The third kappa shape index (κ3) is 4.32. The highest BCUT2D eigenvalue weighted by atomic mass is 16.3. The normalized spacial score (nSPS) is 23.1. The van der Waals surface area contributed by atoms with E-state index in [1.165, 1.54) is 0 Å². The van der Waals surface area contributed by atoms with Gasteiger partial charge in [0, 0.05) is 55.2 Å². The Hall–Kier alpha value is -3.55. The van der Waals surface area contributed by atoms with Gasteiger partial charge in [0.15, 0.2) is 0 Å². The van der Waals surface area contributed by atoms with Crippen molar-refractivity contribution in [3.05, 3.63) is 99.7 Å². The molecule has 2 aromatic heterocycles. The van der Waals surface area contributed by atoms with E-state index in [1.54, 1.807) is 17.0 Å². The number of fused-ring (bicyclic) bond motifs is 3. The highest BCUT2D eigenvalue weighted by molar-refractivity contribution is 5.82. The number of hydrogen-bond acceptors (Lipinski definition) is 5. The smallest absolute Gasteiger partial charge is 0.258 e. The Morgan fingerprint density at radius 1 is 1.12 bits per heavy atom. The van der Waals surface area contributed by atoms with Crippen molar-refractivity contribution in [2.75, 3.05) is 13.2 Å². The second-order valence-electron chi connectivity index (χ2n) is 8.90. The van der Waals surface area contributed by atoms with E-state index < -0.39 is 6.04 Å². The van der Waals surface area contributed by atoms with Gasteiger partial charge in [-0.15, -0.1) is 0 Å². The lowest BCUT2D eigenvalue weighted by Gasteiger charge is -2.21. The fourth-order valence-corrected chi connectivity index (χ4v) is 5.14. The first-order chi connectivity index (χ1) is 16.7. The zero-order valence-corrected chi connectivity index (χ0v) is 18.8. The number of hydrogen-bond donors (Lipinski definition) is 3. The van der Waals surface area contributed by atoms with E-state index in [0.29, 0.717) is 18.7 Å². The molecule has 5 rings (SSSR count). The number of amides is 1. The maximum absolute atomic E-state index is 13.1. The highest BCUT2D eigenvalue weighted by Gasteiger charge is 2.50. The number of benzene rings is 1. The van der Waals surface area contributed by atoms with Gasteiger partial charge in [-0.25, -0.2) is 0 Å². The lowest BCUT2D eigenvalue weighted by atomic mass is 9.88. The van der Waals surface area contributed by atoms with Crippen LogP contribution in [0.3, 0.4) is 0 Å². The van der Waals surface area contributed by atoms with Gasteiger partial charge in [0.1, 0.15) is 0 Å². The summed E-state index contributed by atoms with van der Waals surface area (Å²) in [5.74, 6) is -0.380. The molecule has 2 aliphatic heterocycles. The number of rotatable bonds is 7. The van der Waals surface area contributed by atoms with Crippen LogP contribution in [0.4, 0.5) is 0 Å². The summed E-state index contributed by atoms with van der Waals surface area (Å²) < 4.78 is 1.78. The second kappa shape index (κ2) is 9.75.